The van der Waals surface area contributed by atoms with Crippen molar-refractivity contribution in [3.05, 3.63) is 84.3 Å². The van der Waals surface area contributed by atoms with Crippen LogP contribution in [-0.2, 0) is 11.3 Å². The van der Waals surface area contributed by atoms with Crippen LogP contribution in [0.15, 0.2) is 82.6 Å². The van der Waals surface area contributed by atoms with Gasteiger partial charge in [0.1, 0.15) is 24.7 Å². The first-order valence-corrected chi connectivity index (χ1v) is 10.8. The van der Waals surface area contributed by atoms with Gasteiger partial charge in [0.15, 0.2) is 0 Å². The normalized spacial score (nSPS) is 15.4. The van der Waals surface area contributed by atoms with Gasteiger partial charge >= 0.3 is 0 Å². The molecular weight excluding hydrogens is 414 g/mol. The predicted molar refractivity (Wildman–Crippen MR) is 115 cm³/mol. The van der Waals surface area contributed by atoms with Crippen LogP contribution in [0.3, 0.4) is 0 Å². The molecule has 0 bridgehead atoms. The van der Waals surface area contributed by atoms with Crippen LogP contribution in [0.5, 0.6) is 5.75 Å². The van der Waals surface area contributed by atoms with E-state index in [0.29, 0.717) is 24.1 Å². The first-order chi connectivity index (χ1) is 15.3. The number of benzene rings is 2. The molecule has 1 atom stereocenters. The Morgan fingerprint density at radius 1 is 1.06 bits per heavy atom. The SMILES string of the molecule is O=C(CSc1nnnn1Cc1ccco1)N1c2ccccc2OC[C@@H]1c1ccccc1. The lowest BCUT2D eigenvalue weighted by Gasteiger charge is -2.37. The number of thioether (sulfide) groups is 1. The molecular formula is C22H19N5O3S. The molecule has 9 heteroatoms. The number of ether oxygens (including phenoxy) is 1. The summed E-state index contributed by atoms with van der Waals surface area (Å²) in [7, 11) is 0. The second-order valence-corrected chi connectivity index (χ2v) is 7.90. The molecule has 156 valence electrons. The third-order valence-corrected chi connectivity index (χ3v) is 5.94. The number of aromatic nitrogens is 4. The van der Waals surface area contributed by atoms with Crippen LogP contribution >= 0.6 is 11.8 Å². The molecule has 2 aromatic carbocycles. The minimum absolute atomic E-state index is 0.0397. The van der Waals surface area contributed by atoms with Gasteiger partial charge in [-0.15, -0.1) is 5.10 Å². The fraction of sp³-hybridized carbons (Fsp3) is 0.182. The summed E-state index contributed by atoms with van der Waals surface area (Å²) < 4.78 is 12.9. The molecule has 5 rings (SSSR count). The minimum Gasteiger partial charge on any atom is -0.489 e. The van der Waals surface area contributed by atoms with Crippen molar-refractivity contribution in [1.29, 1.82) is 0 Å². The lowest BCUT2D eigenvalue weighted by atomic mass is 10.0. The Hall–Kier alpha value is -3.59. The summed E-state index contributed by atoms with van der Waals surface area (Å²) in [6.07, 6.45) is 1.61. The fourth-order valence-electron chi connectivity index (χ4n) is 3.56. The van der Waals surface area contributed by atoms with E-state index in [-0.39, 0.29) is 17.7 Å². The van der Waals surface area contributed by atoms with Gasteiger partial charge in [-0.1, -0.05) is 54.2 Å². The second kappa shape index (κ2) is 8.65. The number of anilines is 1. The van der Waals surface area contributed by atoms with Crippen molar-refractivity contribution < 1.29 is 13.9 Å². The maximum Gasteiger partial charge on any atom is 0.238 e. The van der Waals surface area contributed by atoms with Gasteiger partial charge < -0.3 is 9.15 Å². The number of nitrogens with zero attached hydrogens (tertiary/aromatic N) is 5. The number of para-hydroxylation sites is 2. The molecule has 0 radical (unpaired) electrons. The molecule has 0 N–H and O–H groups in total. The highest BCUT2D eigenvalue weighted by Crippen LogP contribution is 2.39. The van der Waals surface area contributed by atoms with Gasteiger partial charge in [0.25, 0.3) is 0 Å². The van der Waals surface area contributed by atoms with Crippen LogP contribution in [0, 0.1) is 0 Å². The van der Waals surface area contributed by atoms with Crippen molar-refractivity contribution in [3.8, 4) is 5.75 Å². The molecule has 1 aliphatic rings. The molecule has 31 heavy (non-hydrogen) atoms. The Kier molecular flexibility index (Phi) is 5.40. The molecule has 4 aromatic rings. The average molecular weight is 433 g/mol. The van der Waals surface area contributed by atoms with Crippen LogP contribution in [0.1, 0.15) is 17.4 Å². The Bertz CT molecular complexity index is 1160. The molecule has 2 aromatic heterocycles. The van der Waals surface area contributed by atoms with E-state index >= 15 is 0 Å². The molecule has 1 aliphatic heterocycles. The highest BCUT2D eigenvalue weighted by atomic mass is 32.2. The standard InChI is InChI=1S/C22H19N5O3S/c28-21(15-31-22-23-24-25-26(22)13-17-9-6-12-29-17)27-18-10-4-5-11-20(18)30-14-19(27)16-7-2-1-3-8-16/h1-12,19H,13-15H2/t19-/m1/s1. The molecule has 0 fully saturated rings. The average Bonchev–Trinajstić information content (AvgIpc) is 3.50. The molecule has 3 heterocycles. The summed E-state index contributed by atoms with van der Waals surface area (Å²) in [6, 6.07) is 21.0. The first-order valence-electron chi connectivity index (χ1n) is 9.80. The topological polar surface area (TPSA) is 86.3 Å². The van der Waals surface area contributed by atoms with E-state index < -0.39 is 0 Å². The zero-order chi connectivity index (χ0) is 21.0. The van der Waals surface area contributed by atoms with Crippen molar-refractivity contribution in [2.75, 3.05) is 17.3 Å². The Labute approximate surface area is 182 Å². The van der Waals surface area contributed by atoms with Crippen molar-refractivity contribution in [2.45, 2.75) is 17.7 Å². The van der Waals surface area contributed by atoms with Crippen LogP contribution in [0.2, 0.25) is 0 Å². The quantitative estimate of drug-likeness (QED) is 0.430. The number of hydrogen-bond donors (Lipinski definition) is 0. The largest absolute Gasteiger partial charge is 0.489 e. The highest BCUT2D eigenvalue weighted by Gasteiger charge is 2.33. The van der Waals surface area contributed by atoms with Crippen LogP contribution < -0.4 is 9.64 Å². The number of fused-ring (bicyclic) bond motifs is 1. The second-order valence-electron chi connectivity index (χ2n) is 6.96. The zero-order valence-electron chi connectivity index (χ0n) is 16.5. The van der Waals surface area contributed by atoms with Gasteiger partial charge in [0, 0.05) is 0 Å². The highest BCUT2D eigenvalue weighted by molar-refractivity contribution is 7.99. The van der Waals surface area contributed by atoms with E-state index in [9.17, 15) is 4.79 Å². The lowest BCUT2D eigenvalue weighted by molar-refractivity contribution is -0.117. The van der Waals surface area contributed by atoms with E-state index in [4.69, 9.17) is 9.15 Å². The molecule has 0 saturated carbocycles. The Morgan fingerprint density at radius 2 is 1.90 bits per heavy atom. The molecule has 1 amide bonds. The third-order valence-electron chi connectivity index (χ3n) is 5.00. The summed E-state index contributed by atoms with van der Waals surface area (Å²) >= 11 is 1.30. The molecule has 0 unspecified atom stereocenters. The van der Waals surface area contributed by atoms with Gasteiger partial charge in [-0.3, -0.25) is 9.69 Å². The van der Waals surface area contributed by atoms with E-state index in [1.54, 1.807) is 10.9 Å². The van der Waals surface area contributed by atoms with E-state index in [2.05, 4.69) is 15.5 Å². The Balaban J connectivity index is 1.37. The van der Waals surface area contributed by atoms with Crippen LogP contribution in [0.25, 0.3) is 0 Å². The fourth-order valence-corrected chi connectivity index (χ4v) is 4.30. The maximum atomic E-state index is 13.4. The Morgan fingerprint density at radius 3 is 2.74 bits per heavy atom. The van der Waals surface area contributed by atoms with E-state index in [0.717, 1.165) is 17.0 Å². The van der Waals surface area contributed by atoms with Crippen LogP contribution in [-0.4, -0.2) is 38.5 Å². The van der Waals surface area contributed by atoms with Gasteiger partial charge in [0.2, 0.25) is 11.1 Å². The number of carbonyl (C=O) groups excluding carboxylic acids is 1. The molecule has 0 saturated heterocycles. The summed E-state index contributed by atoms with van der Waals surface area (Å²) in [6.45, 7) is 0.803. The van der Waals surface area contributed by atoms with Crippen molar-refractivity contribution >= 4 is 23.4 Å². The third kappa shape index (κ3) is 4.04. The summed E-state index contributed by atoms with van der Waals surface area (Å²) in [5.74, 6) is 1.60. The first kappa shape index (κ1) is 19.4. The smallest absolute Gasteiger partial charge is 0.238 e. The number of tetrazole rings is 1. The minimum atomic E-state index is -0.205. The zero-order valence-corrected chi connectivity index (χ0v) is 17.3. The monoisotopic (exact) mass is 433 g/mol. The van der Waals surface area contributed by atoms with Crippen LogP contribution in [0.4, 0.5) is 5.69 Å². The van der Waals surface area contributed by atoms with Gasteiger partial charge in [0.05, 0.1) is 23.7 Å². The van der Waals surface area contributed by atoms with Gasteiger partial charge in [-0.05, 0) is 40.3 Å². The number of furan rings is 1. The molecule has 0 spiro atoms. The predicted octanol–water partition coefficient (Wildman–Crippen LogP) is 3.57. The van der Waals surface area contributed by atoms with Crippen molar-refractivity contribution in [3.63, 3.8) is 0 Å². The van der Waals surface area contributed by atoms with E-state index in [1.165, 1.54) is 11.8 Å². The number of hydrogen-bond acceptors (Lipinski definition) is 7. The summed E-state index contributed by atoms with van der Waals surface area (Å²) in [5.41, 5.74) is 1.79. The van der Waals surface area contributed by atoms with Gasteiger partial charge in [-0.25, -0.2) is 4.68 Å². The number of amides is 1. The number of carbonyl (C=O) groups is 1. The summed E-state index contributed by atoms with van der Waals surface area (Å²) in [4.78, 5) is 15.2. The number of rotatable bonds is 6. The lowest BCUT2D eigenvalue weighted by Crippen LogP contribution is -2.42. The molecule has 0 aliphatic carbocycles. The van der Waals surface area contributed by atoms with E-state index in [1.807, 2.05) is 71.6 Å². The van der Waals surface area contributed by atoms with Crippen molar-refractivity contribution in [2.24, 2.45) is 0 Å². The molecule has 8 nitrogen and oxygen atoms in total. The maximum absolute atomic E-state index is 13.4. The summed E-state index contributed by atoms with van der Waals surface area (Å²) in [5, 5.41) is 12.4. The van der Waals surface area contributed by atoms with Gasteiger partial charge in [-0.2, -0.15) is 0 Å². The van der Waals surface area contributed by atoms with Crippen molar-refractivity contribution in [1.82, 2.24) is 20.2 Å².